The zero-order chi connectivity index (χ0) is 36.7. The average molecular weight is 727 g/mol. The van der Waals surface area contributed by atoms with Crippen LogP contribution in [0.25, 0.3) is 0 Å². The molecule has 5 rings (SSSR count). The van der Waals surface area contributed by atoms with E-state index in [9.17, 15) is 41.7 Å². The number of hydrogen-bond donors (Lipinski definition) is 2. The molecule has 1 aromatic heterocycles. The Morgan fingerprint density at radius 2 is 1.75 bits per heavy atom. The molecule has 51 heavy (non-hydrogen) atoms. The number of aromatic nitrogens is 1. The van der Waals surface area contributed by atoms with Crippen LogP contribution in [0.2, 0.25) is 0 Å². The van der Waals surface area contributed by atoms with Crippen molar-refractivity contribution in [3.63, 3.8) is 0 Å². The third kappa shape index (κ3) is 8.36. The number of rotatable bonds is 15. The molecule has 2 amide bonds. The molecule has 268 valence electrons. The van der Waals surface area contributed by atoms with Crippen molar-refractivity contribution in [3.05, 3.63) is 133 Å². The lowest BCUT2D eigenvalue weighted by Gasteiger charge is -2.40. The number of ether oxygens (including phenoxy) is 2. The second-order valence-electron chi connectivity index (χ2n) is 11.1. The first-order valence-electron chi connectivity index (χ1n) is 15.4. The number of carbonyl (C=O) groups excluding carboxylic acids is 2. The maximum Gasteiger partial charge on any atom is 0.289 e. The van der Waals surface area contributed by atoms with Crippen LogP contribution in [0.15, 0.2) is 88.7 Å². The number of nitrogens with one attached hydrogen (secondary N) is 2. The van der Waals surface area contributed by atoms with Crippen LogP contribution in [0.1, 0.15) is 32.0 Å². The normalized spacial score (nSPS) is 12.8. The van der Waals surface area contributed by atoms with Crippen molar-refractivity contribution in [1.82, 2.24) is 19.6 Å². The van der Waals surface area contributed by atoms with Crippen molar-refractivity contribution in [2.75, 3.05) is 45.0 Å². The van der Waals surface area contributed by atoms with Crippen LogP contribution in [0, 0.1) is 21.7 Å². The second-order valence-corrected chi connectivity index (χ2v) is 12.9. The van der Waals surface area contributed by atoms with Crippen molar-refractivity contribution in [3.8, 4) is 5.75 Å². The van der Waals surface area contributed by atoms with Gasteiger partial charge >= 0.3 is 0 Å². The van der Waals surface area contributed by atoms with E-state index in [1.165, 1.54) is 33.8 Å². The van der Waals surface area contributed by atoms with Gasteiger partial charge in [-0.05, 0) is 17.7 Å². The second kappa shape index (κ2) is 15.9. The Morgan fingerprint density at radius 1 is 1.02 bits per heavy atom. The first-order valence-corrected chi connectivity index (χ1v) is 16.8. The molecular weight excluding hydrogens is 694 g/mol. The van der Waals surface area contributed by atoms with E-state index >= 15 is 0 Å². The highest BCUT2D eigenvalue weighted by Crippen LogP contribution is 2.25. The fraction of sp³-hybridized carbons (Fsp3) is 0.242. The zero-order valence-corrected chi connectivity index (χ0v) is 27.9. The predicted molar refractivity (Wildman–Crippen MR) is 178 cm³/mol. The van der Waals surface area contributed by atoms with Gasteiger partial charge in [-0.2, -0.15) is 0 Å². The van der Waals surface area contributed by atoms with Crippen LogP contribution in [-0.2, 0) is 27.9 Å². The summed E-state index contributed by atoms with van der Waals surface area (Å²) in [6.45, 7) is -1.08. The molecule has 0 saturated heterocycles. The predicted octanol–water partition coefficient (Wildman–Crippen LogP) is 2.52. The van der Waals surface area contributed by atoms with Crippen molar-refractivity contribution in [2.24, 2.45) is 0 Å². The van der Waals surface area contributed by atoms with Gasteiger partial charge in [0.15, 0.2) is 16.3 Å². The molecule has 0 atom stereocenters. The Labute approximate surface area is 290 Å². The van der Waals surface area contributed by atoms with Crippen LogP contribution in [-0.4, -0.2) is 74.8 Å². The summed E-state index contributed by atoms with van der Waals surface area (Å²) in [6, 6.07) is 16.3. The molecule has 0 aliphatic carbocycles. The maximum absolute atomic E-state index is 14.3. The Hall–Kier alpha value is -5.72. The number of carbonyl (C=O) groups is 2. The van der Waals surface area contributed by atoms with Crippen LogP contribution in [0.5, 0.6) is 5.75 Å². The molecule has 0 unspecified atom stereocenters. The SMILES string of the molecule is COCCN1CN(CCNS(=O)(=O)c2ccccc2[N+](=O)[O-])n2cc(C(=O)NCc3ccc(F)cc3F)c(=O)c(OCc3ccccc3)c2C1=O. The number of nitro benzene ring substituents is 1. The summed E-state index contributed by atoms with van der Waals surface area (Å²) in [5.41, 5.74) is -1.75. The molecule has 1 aliphatic rings. The van der Waals surface area contributed by atoms with E-state index in [1.807, 2.05) is 0 Å². The standard InChI is InChI=1S/C33H32F2N6O9S/c1-49-16-15-38-21-39(14-13-37-51(47,48)28-10-6-5-9-27(28)41(45)46)40-19-25(32(43)36-18-23-11-12-24(34)17-26(23)35)30(42)31(29(40)33(38)44)50-20-22-7-3-2-4-8-22/h2-12,17,19,37H,13-16,18,20-21H2,1H3,(H,36,43). The van der Waals surface area contributed by atoms with Crippen molar-refractivity contribution < 1.29 is 41.2 Å². The minimum Gasteiger partial charge on any atom is -0.482 e. The molecule has 1 aliphatic heterocycles. The number of pyridine rings is 1. The summed E-state index contributed by atoms with van der Waals surface area (Å²) in [7, 11) is -2.96. The van der Waals surface area contributed by atoms with Gasteiger partial charge in [0.1, 0.15) is 30.5 Å². The summed E-state index contributed by atoms with van der Waals surface area (Å²) in [6.07, 6.45) is 1.09. The summed E-state index contributed by atoms with van der Waals surface area (Å²) in [5.74, 6) is -3.82. The fourth-order valence-electron chi connectivity index (χ4n) is 5.21. The first-order chi connectivity index (χ1) is 24.4. The molecule has 4 aromatic rings. The molecular formula is C33H32F2N6O9S. The van der Waals surface area contributed by atoms with Gasteiger partial charge in [0.05, 0.1) is 18.1 Å². The van der Waals surface area contributed by atoms with E-state index < -0.39 is 72.3 Å². The molecule has 2 N–H and O–H groups in total. The molecule has 3 aromatic carbocycles. The Bertz CT molecular complexity index is 2120. The van der Waals surface area contributed by atoms with Crippen molar-refractivity contribution in [2.45, 2.75) is 18.0 Å². The molecule has 0 fully saturated rings. The lowest BCUT2D eigenvalue weighted by molar-refractivity contribution is -0.387. The zero-order valence-electron chi connectivity index (χ0n) is 27.1. The highest BCUT2D eigenvalue weighted by molar-refractivity contribution is 7.89. The van der Waals surface area contributed by atoms with E-state index in [1.54, 1.807) is 30.3 Å². The highest BCUT2D eigenvalue weighted by atomic mass is 32.2. The Balaban J connectivity index is 1.52. The lowest BCUT2D eigenvalue weighted by Crippen LogP contribution is -2.57. The van der Waals surface area contributed by atoms with Crippen LogP contribution in [0.4, 0.5) is 14.5 Å². The summed E-state index contributed by atoms with van der Waals surface area (Å²) < 4.78 is 68.6. The molecule has 0 radical (unpaired) electrons. The molecule has 2 heterocycles. The Kier molecular flexibility index (Phi) is 11.4. The fourth-order valence-corrected chi connectivity index (χ4v) is 6.40. The summed E-state index contributed by atoms with van der Waals surface area (Å²) in [4.78, 5) is 52.7. The number of halogens is 2. The maximum atomic E-state index is 14.3. The van der Waals surface area contributed by atoms with Crippen molar-refractivity contribution >= 4 is 27.5 Å². The number of methoxy groups -OCH3 is 1. The van der Waals surface area contributed by atoms with Crippen LogP contribution < -0.4 is 25.2 Å². The number of sulfonamides is 1. The highest BCUT2D eigenvalue weighted by Gasteiger charge is 2.35. The summed E-state index contributed by atoms with van der Waals surface area (Å²) in [5, 5.41) is 15.4. The van der Waals surface area contributed by atoms with Gasteiger partial charge in [0.25, 0.3) is 17.5 Å². The number of benzene rings is 3. The number of fused-ring (bicyclic) bond motifs is 1. The van der Waals surface area contributed by atoms with E-state index in [0.29, 0.717) is 11.6 Å². The van der Waals surface area contributed by atoms with Crippen LogP contribution >= 0.6 is 0 Å². The number of nitro groups is 1. The van der Waals surface area contributed by atoms with E-state index in [-0.39, 0.29) is 50.8 Å². The minimum absolute atomic E-state index is 0.0557. The molecule has 0 bridgehead atoms. The number of nitrogens with zero attached hydrogens (tertiary/aromatic N) is 4. The molecule has 18 heteroatoms. The number of para-hydroxylation sites is 1. The van der Waals surface area contributed by atoms with Gasteiger partial charge in [0, 0.05) is 50.6 Å². The van der Waals surface area contributed by atoms with Gasteiger partial charge in [-0.1, -0.05) is 48.5 Å². The van der Waals surface area contributed by atoms with Gasteiger partial charge in [-0.3, -0.25) is 34.2 Å². The summed E-state index contributed by atoms with van der Waals surface area (Å²) >= 11 is 0. The third-order valence-electron chi connectivity index (χ3n) is 7.78. The van der Waals surface area contributed by atoms with Gasteiger partial charge in [-0.15, -0.1) is 0 Å². The van der Waals surface area contributed by atoms with E-state index in [4.69, 9.17) is 9.47 Å². The van der Waals surface area contributed by atoms with Crippen molar-refractivity contribution in [1.29, 1.82) is 0 Å². The number of hydrogen-bond acceptors (Lipinski definition) is 10. The van der Waals surface area contributed by atoms with Gasteiger partial charge < -0.3 is 19.7 Å². The average Bonchev–Trinajstić information content (AvgIpc) is 3.11. The lowest BCUT2D eigenvalue weighted by atomic mass is 10.1. The van der Waals surface area contributed by atoms with E-state index in [0.717, 1.165) is 30.5 Å². The van der Waals surface area contributed by atoms with Crippen LogP contribution in [0.3, 0.4) is 0 Å². The quantitative estimate of drug-likeness (QED) is 0.136. The topological polar surface area (TPSA) is 182 Å². The number of amides is 2. The minimum atomic E-state index is -4.39. The molecule has 15 nitrogen and oxygen atoms in total. The molecule has 0 saturated carbocycles. The third-order valence-corrected chi connectivity index (χ3v) is 9.29. The van der Waals surface area contributed by atoms with Gasteiger partial charge in [0.2, 0.25) is 15.5 Å². The van der Waals surface area contributed by atoms with E-state index in [2.05, 4.69) is 10.0 Å². The smallest absolute Gasteiger partial charge is 0.289 e. The molecule has 0 spiro atoms. The largest absolute Gasteiger partial charge is 0.482 e. The monoisotopic (exact) mass is 726 g/mol. The Morgan fingerprint density at radius 3 is 2.45 bits per heavy atom. The first kappa shape index (κ1) is 36.6. The van der Waals surface area contributed by atoms with Gasteiger partial charge in [-0.25, -0.2) is 21.9 Å².